The summed E-state index contributed by atoms with van der Waals surface area (Å²) in [5.74, 6) is -0.0945. The molecular formula is C45H50N6O5S2. The molecule has 0 aromatic heterocycles. The van der Waals surface area contributed by atoms with Crippen molar-refractivity contribution in [3.05, 3.63) is 148 Å². The number of carbonyl (C=O) groups excluding carboxylic acids is 1. The summed E-state index contributed by atoms with van der Waals surface area (Å²) in [4.78, 5) is 35.0. The van der Waals surface area contributed by atoms with Crippen molar-refractivity contribution in [2.75, 3.05) is 68.9 Å². The number of piperazine rings is 1. The number of amides is 1. The second-order valence-electron chi connectivity index (χ2n) is 15.1. The summed E-state index contributed by atoms with van der Waals surface area (Å²) in [5, 5.41) is 12.4. The Hall–Kier alpha value is -5.21. The van der Waals surface area contributed by atoms with E-state index in [1.54, 1.807) is 23.9 Å². The smallest absolute Gasteiger partial charge is 0.293 e. The zero-order valence-corrected chi connectivity index (χ0v) is 34.6. The van der Waals surface area contributed by atoms with Crippen LogP contribution in [0.1, 0.15) is 34.3 Å². The molecule has 0 spiro atoms. The Morgan fingerprint density at radius 1 is 0.879 bits per heavy atom. The van der Waals surface area contributed by atoms with Crippen molar-refractivity contribution in [1.29, 1.82) is 0 Å². The maximum absolute atomic E-state index is 13.6. The molecule has 2 aliphatic heterocycles. The molecule has 58 heavy (non-hydrogen) atoms. The third-order valence-corrected chi connectivity index (χ3v) is 13.2. The van der Waals surface area contributed by atoms with E-state index in [4.69, 9.17) is 0 Å². The molecule has 2 aliphatic rings. The molecule has 2 heterocycles. The molecule has 0 saturated carbocycles. The molecule has 13 heteroatoms. The Morgan fingerprint density at radius 2 is 1.62 bits per heavy atom. The van der Waals surface area contributed by atoms with Crippen molar-refractivity contribution in [3.63, 3.8) is 0 Å². The second-order valence-corrected chi connectivity index (χ2v) is 18.0. The largest absolute Gasteiger partial charge is 0.366 e. The van der Waals surface area contributed by atoms with Crippen LogP contribution in [0.4, 0.5) is 17.1 Å². The van der Waals surface area contributed by atoms with E-state index < -0.39 is 20.9 Å². The maximum Gasteiger partial charge on any atom is 0.293 e. The van der Waals surface area contributed by atoms with Gasteiger partial charge in [-0.05, 0) is 105 Å². The van der Waals surface area contributed by atoms with Gasteiger partial charge in [0.25, 0.3) is 21.6 Å². The number of fused-ring (bicyclic) bond motifs is 3. The number of hydrogen-bond donors (Lipinski definition) is 1. The van der Waals surface area contributed by atoms with Crippen molar-refractivity contribution in [2.24, 2.45) is 0 Å². The Bertz CT molecular complexity index is 2330. The van der Waals surface area contributed by atoms with Crippen LogP contribution in [0.25, 0.3) is 11.1 Å². The predicted octanol–water partition coefficient (Wildman–Crippen LogP) is 7.57. The minimum atomic E-state index is -4.43. The lowest BCUT2D eigenvalue weighted by Crippen LogP contribution is -2.54. The van der Waals surface area contributed by atoms with E-state index in [0.29, 0.717) is 30.6 Å². The lowest BCUT2D eigenvalue weighted by atomic mass is 9.92. The maximum atomic E-state index is 13.6. The van der Waals surface area contributed by atoms with E-state index in [1.807, 2.05) is 61.5 Å². The van der Waals surface area contributed by atoms with Crippen LogP contribution in [-0.4, -0.2) is 94.2 Å². The molecule has 1 saturated heterocycles. The van der Waals surface area contributed by atoms with E-state index in [1.165, 1.54) is 28.8 Å². The fourth-order valence-corrected chi connectivity index (χ4v) is 9.89. The Morgan fingerprint density at radius 3 is 2.38 bits per heavy atom. The van der Waals surface area contributed by atoms with Gasteiger partial charge in [0.15, 0.2) is 0 Å². The Balaban J connectivity index is 1.01. The zero-order valence-electron chi connectivity index (χ0n) is 33.0. The van der Waals surface area contributed by atoms with Crippen molar-refractivity contribution >= 4 is 44.8 Å². The minimum Gasteiger partial charge on any atom is -0.366 e. The first-order valence-corrected chi connectivity index (χ1v) is 22.2. The van der Waals surface area contributed by atoms with Gasteiger partial charge in [0.1, 0.15) is 5.69 Å². The fraction of sp³-hybridized carbons (Fsp3) is 0.311. The predicted molar refractivity (Wildman–Crippen MR) is 233 cm³/mol. The number of benzene rings is 5. The van der Waals surface area contributed by atoms with E-state index in [2.05, 4.69) is 68.0 Å². The zero-order chi connectivity index (χ0) is 40.6. The number of rotatable bonds is 16. The number of sulfonamides is 1. The topological polar surface area (TPSA) is 119 Å². The molecule has 5 aromatic rings. The number of nitrogens with zero attached hydrogens (tertiary/aromatic N) is 5. The van der Waals surface area contributed by atoms with Gasteiger partial charge in [-0.25, -0.2) is 13.1 Å². The molecule has 5 aromatic carbocycles. The minimum absolute atomic E-state index is 0.228. The molecule has 0 aliphatic carbocycles. The highest BCUT2D eigenvalue weighted by molar-refractivity contribution is 7.99. The number of aryl methyl sites for hydroxylation is 1. The van der Waals surface area contributed by atoms with Crippen LogP contribution in [0, 0.1) is 10.1 Å². The third kappa shape index (κ3) is 9.90. The lowest BCUT2D eigenvalue weighted by molar-refractivity contribution is -0.384. The van der Waals surface area contributed by atoms with Gasteiger partial charge < -0.3 is 14.7 Å². The van der Waals surface area contributed by atoms with Gasteiger partial charge in [0, 0.05) is 73.3 Å². The summed E-state index contributed by atoms with van der Waals surface area (Å²) < 4.78 is 29.4. The molecule has 0 unspecified atom stereocenters. The number of nitro groups is 1. The standard InChI is InChI=1S/C45H50N6O5S2/c1-47(2)24-11-25-49(28-29-57-39-15-7-4-8-16-39)43-23-21-40(31-44(43)51(53)54)58(55,56)46-45(52)36-19-22-42-35(30-36)18-20-38-33-48(26-27-50(38)42)32-37-14-9-10-17-41(37)34-12-5-3-6-13-34/h3-10,12-17,19,21-23,30-31,38H,11,18,20,24-29,32-33H2,1-2H3,(H,46,52)/t38-/m0/s1. The van der Waals surface area contributed by atoms with Crippen molar-refractivity contribution in [1.82, 2.24) is 14.5 Å². The van der Waals surface area contributed by atoms with Gasteiger partial charge in [0.2, 0.25) is 0 Å². The molecule has 11 nitrogen and oxygen atoms in total. The van der Waals surface area contributed by atoms with Crippen LogP contribution in [0.15, 0.2) is 131 Å². The summed E-state index contributed by atoms with van der Waals surface area (Å²) in [7, 11) is -0.482. The molecule has 1 fully saturated rings. The average Bonchev–Trinajstić information content (AvgIpc) is 3.23. The normalized spacial score (nSPS) is 15.4. The van der Waals surface area contributed by atoms with Crippen molar-refractivity contribution in [2.45, 2.75) is 41.6 Å². The quantitative estimate of drug-likeness (QED) is 0.0607. The summed E-state index contributed by atoms with van der Waals surface area (Å²) in [5.41, 5.74) is 6.10. The molecule has 302 valence electrons. The number of hydrogen-bond acceptors (Lipinski definition) is 10. The first kappa shape index (κ1) is 41.0. The summed E-state index contributed by atoms with van der Waals surface area (Å²) in [6, 6.07) is 38.6. The number of nitro benzene ring substituents is 1. The number of carbonyl (C=O) groups is 1. The van der Waals surface area contributed by atoms with E-state index >= 15 is 0 Å². The van der Waals surface area contributed by atoms with Crippen LogP contribution < -0.4 is 14.5 Å². The molecule has 1 amide bonds. The average molecular weight is 819 g/mol. The summed E-state index contributed by atoms with van der Waals surface area (Å²) in [6.45, 7) is 5.40. The monoisotopic (exact) mass is 818 g/mol. The van der Waals surface area contributed by atoms with Gasteiger partial charge in [-0.15, -0.1) is 11.8 Å². The van der Waals surface area contributed by atoms with Gasteiger partial charge in [-0.3, -0.25) is 19.8 Å². The third-order valence-electron chi connectivity index (χ3n) is 10.9. The van der Waals surface area contributed by atoms with Crippen LogP contribution in [0.5, 0.6) is 0 Å². The van der Waals surface area contributed by atoms with Gasteiger partial charge in [-0.1, -0.05) is 72.8 Å². The highest BCUT2D eigenvalue weighted by Gasteiger charge is 2.33. The highest BCUT2D eigenvalue weighted by atomic mass is 32.2. The number of nitrogens with one attached hydrogen (secondary N) is 1. The van der Waals surface area contributed by atoms with E-state index in [9.17, 15) is 23.3 Å². The highest BCUT2D eigenvalue weighted by Crippen LogP contribution is 2.35. The second kappa shape index (κ2) is 18.6. The van der Waals surface area contributed by atoms with E-state index in [0.717, 1.165) is 74.2 Å². The molecular weight excluding hydrogens is 769 g/mol. The first-order chi connectivity index (χ1) is 28.1. The van der Waals surface area contributed by atoms with Gasteiger partial charge in [0.05, 0.1) is 9.82 Å². The lowest BCUT2D eigenvalue weighted by Gasteiger charge is -2.46. The molecule has 7 rings (SSSR count). The van der Waals surface area contributed by atoms with E-state index in [-0.39, 0.29) is 16.1 Å². The van der Waals surface area contributed by atoms with Crippen LogP contribution in [-0.2, 0) is 23.0 Å². The SMILES string of the molecule is CN(C)CCCN(CCSc1ccccc1)c1ccc(S(=O)(=O)NC(=O)c2ccc3c(c2)CC[C@H]2CN(Cc4ccccc4-c4ccccc4)CCN32)cc1[N+](=O)[O-]. The number of thioether (sulfide) groups is 1. The van der Waals surface area contributed by atoms with Gasteiger partial charge in [-0.2, -0.15) is 0 Å². The van der Waals surface area contributed by atoms with Gasteiger partial charge >= 0.3 is 0 Å². The van der Waals surface area contributed by atoms with Crippen molar-refractivity contribution < 1.29 is 18.1 Å². The number of anilines is 2. The van der Waals surface area contributed by atoms with Crippen LogP contribution >= 0.6 is 11.8 Å². The van der Waals surface area contributed by atoms with Crippen LogP contribution in [0.2, 0.25) is 0 Å². The Labute approximate surface area is 345 Å². The van der Waals surface area contributed by atoms with Crippen LogP contribution in [0.3, 0.4) is 0 Å². The summed E-state index contributed by atoms with van der Waals surface area (Å²) >= 11 is 1.65. The fourth-order valence-electron chi connectivity index (χ4n) is 8.00. The summed E-state index contributed by atoms with van der Waals surface area (Å²) in [6.07, 6.45) is 2.44. The molecule has 1 atom stereocenters. The van der Waals surface area contributed by atoms with Crippen molar-refractivity contribution in [3.8, 4) is 11.1 Å². The molecule has 0 radical (unpaired) electrons. The first-order valence-electron chi connectivity index (χ1n) is 19.7. The molecule has 1 N–H and O–H groups in total. The molecule has 0 bridgehead atoms. The Kier molecular flexibility index (Phi) is 13.1.